The van der Waals surface area contributed by atoms with Gasteiger partial charge in [-0.2, -0.15) is 4.98 Å². The van der Waals surface area contributed by atoms with Crippen molar-refractivity contribution < 1.29 is 9.53 Å². The Hall–Kier alpha value is -1.82. The molecule has 1 amide bonds. The van der Waals surface area contributed by atoms with Gasteiger partial charge < -0.3 is 14.6 Å². The van der Waals surface area contributed by atoms with Gasteiger partial charge in [0.15, 0.2) is 5.65 Å². The topological polar surface area (TPSA) is 69.0 Å². The number of halogens is 1. The van der Waals surface area contributed by atoms with Crippen LogP contribution in [0.1, 0.15) is 24.5 Å². The Bertz CT molecular complexity index is 624. The van der Waals surface area contributed by atoms with E-state index >= 15 is 0 Å². The predicted octanol–water partition coefficient (Wildman–Crippen LogP) is 1.88. The first kappa shape index (κ1) is 14.6. The maximum Gasteiger partial charge on any atom is 0.221 e. The molecule has 0 spiro atoms. The van der Waals surface area contributed by atoms with Crippen LogP contribution in [0.25, 0.3) is 11.2 Å². The first-order chi connectivity index (χ1) is 9.56. The Balaban J connectivity index is 2.45. The molecule has 0 aliphatic rings. The van der Waals surface area contributed by atoms with Gasteiger partial charge in [-0.15, -0.1) is 11.6 Å². The molecular weight excluding hydrogens is 280 g/mol. The molecular formula is C13H17ClN4O2. The van der Waals surface area contributed by atoms with E-state index in [2.05, 4.69) is 15.3 Å². The minimum absolute atomic E-state index is 0.0390. The van der Waals surface area contributed by atoms with E-state index in [0.717, 1.165) is 5.52 Å². The Morgan fingerprint density at radius 1 is 1.50 bits per heavy atom. The highest BCUT2D eigenvalue weighted by Crippen LogP contribution is 2.25. The molecule has 0 aliphatic heterocycles. The number of hydrogen-bond acceptors (Lipinski definition) is 4. The summed E-state index contributed by atoms with van der Waals surface area (Å²) in [6.07, 6.45) is 0.345. The lowest BCUT2D eigenvalue weighted by molar-refractivity contribution is -0.120. The van der Waals surface area contributed by atoms with E-state index < -0.39 is 0 Å². The van der Waals surface area contributed by atoms with E-state index in [1.165, 1.54) is 0 Å². The van der Waals surface area contributed by atoms with Crippen molar-refractivity contribution in [3.8, 4) is 5.88 Å². The van der Waals surface area contributed by atoms with E-state index in [-0.39, 0.29) is 11.3 Å². The lowest BCUT2D eigenvalue weighted by Gasteiger charge is -2.09. The summed E-state index contributed by atoms with van der Waals surface area (Å²) in [4.78, 5) is 20.3. The number of aromatic nitrogens is 3. The highest BCUT2D eigenvalue weighted by Gasteiger charge is 2.17. The van der Waals surface area contributed by atoms with Crippen LogP contribution in [0.5, 0.6) is 5.88 Å². The number of ether oxygens (including phenoxy) is 1. The van der Waals surface area contributed by atoms with Gasteiger partial charge in [0.2, 0.25) is 11.8 Å². The molecule has 1 N–H and O–H groups in total. The number of aryl methyl sites for hydroxylation is 1. The maximum absolute atomic E-state index is 11.4. The average Bonchev–Trinajstić information content (AvgIpc) is 2.82. The number of imidazole rings is 1. The molecule has 0 saturated heterocycles. The maximum atomic E-state index is 11.4. The van der Waals surface area contributed by atoms with Crippen LogP contribution in [0.15, 0.2) is 12.1 Å². The summed E-state index contributed by atoms with van der Waals surface area (Å²) < 4.78 is 7.00. The quantitative estimate of drug-likeness (QED) is 0.855. The van der Waals surface area contributed by atoms with Gasteiger partial charge in [0.05, 0.1) is 12.5 Å². The summed E-state index contributed by atoms with van der Waals surface area (Å²) in [5, 5.41) is 2.33. The largest absolute Gasteiger partial charge is 0.481 e. The summed E-state index contributed by atoms with van der Waals surface area (Å²) in [7, 11) is 3.17. The molecule has 0 aliphatic carbocycles. The second-order valence-corrected chi connectivity index (χ2v) is 5.01. The Morgan fingerprint density at radius 3 is 2.85 bits per heavy atom. The lowest BCUT2D eigenvalue weighted by atomic mass is 10.3. The zero-order chi connectivity index (χ0) is 14.7. The summed E-state index contributed by atoms with van der Waals surface area (Å²) in [5.41, 5.74) is 1.42. The van der Waals surface area contributed by atoms with Crippen LogP contribution in [0.4, 0.5) is 0 Å². The molecule has 1 unspecified atom stereocenters. The minimum Gasteiger partial charge on any atom is -0.481 e. The highest BCUT2D eigenvalue weighted by molar-refractivity contribution is 6.20. The monoisotopic (exact) mass is 296 g/mol. The van der Waals surface area contributed by atoms with E-state index in [9.17, 15) is 4.79 Å². The van der Waals surface area contributed by atoms with E-state index in [0.29, 0.717) is 30.3 Å². The molecule has 2 aromatic heterocycles. The molecule has 6 nitrogen and oxygen atoms in total. The SMILES string of the molecule is CNC(=O)CCn1c(C(C)Cl)nc2ccc(OC)nc21. The van der Waals surface area contributed by atoms with Crippen LogP contribution < -0.4 is 10.1 Å². The van der Waals surface area contributed by atoms with Gasteiger partial charge in [0.25, 0.3) is 0 Å². The van der Waals surface area contributed by atoms with Crippen molar-refractivity contribution in [3.05, 3.63) is 18.0 Å². The number of methoxy groups -OCH3 is 1. The molecule has 0 saturated carbocycles. The van der Waals surface area contributed by atoms with Gasteiger partial charge in [-0.3, -0.25) is 4.79 Å². The second-order valence-electron chi connectivity index (χ2n) is 4.36. The molecule has 2 heterocycles. The Labute approximate surface area is 122 Å². The zero-order valence-corrected chi connectivity index (χ0v) is 12.4. The predicted molar refractivity (Wildman–Crippen MR) is 77.0 cm³/mol. The third-order valence-corrected chi connectivity index (χ3v) is 3.20. The van der Waals surface area contributed by atoms with Crippen molar-refractivity contribution in [2.45, 2.75) is 25.3 Å². The van der Waals surface area contributed by atoms with Crippen molar-refractivity contribution in [3.63, 3.8) is 0 Å². The summed E-state index contributed by atoms with van der Waals surface area (Å²) >= 11 is 6.16. The van der Waals surface area contributed by atoms with Crippen molar-refractivity contribution in [1.29, 1.82) is 0 Å². The summed E-state index contributed by atoms with van der Waals surface area (Å²) in [6.45, 7) is 2.32. The van der Waals surface area contributed by atoms with Gasteiger partial charge >= 0.3 is 0 Å². The van der Waals surface area contributed by atoms with Crippen LogP contribution >= 0.6 is 11.6 Å². The zero-order valence-electron chi connectivity index (χ0n) is 11.7. The Morgan fingerprint density at radius 2 is 2.25 bits per heavy atom. The third-order valence-electron chi connectivity index (χ3n) is 3.00. The normalized spacial score (nSPS) is 12.4. The van der Waals surface area contributed by atoms with Crippen molar-refractivity contribution >= 4 is 28.7 Å². The first-order valence-corrected chi connectivity index (χ1v) is 6.76. The number of fused-ring (bicyclic) bond motifs is 1. The number of nitrogens with zero attached hydrogens (tertiary/aromatic N) is 3. The lowest BCUT2D eigenvalue weighted by Crippen LogP contribution is -2.20. The van der Waals surface area contributed by atoms with Crippen LogP contribution in [0, 0.1) is 0 Å². The van der Waals surface area contributed by atoms with E-state index in [4.69, 9.17) is 16.3 Å². The van der Waals surface area contributed by atoms with Gasteiger partial charge in [-0.1, -0.05) is 0 Å². The van der Waals surface area contributed by atoms with E-state index in [1.807, 2.05) is 17.6 Å². The van der Waals surface area contributed by atoms with Crippen molar-refractivity contribution in [2.24, 2.45) is 0 Å². The number of alkyl halides is 1. The molecule has 20 heavy (non-hydrogen) atoms. The molecule has 0 fully saturated rings. The fourth-order valence-electron chi connectivity index (χ4n) is 1.98. The summed E-state index contributed by atoms with van der Waals surface area (Å²) in [5.74, 6) is 1.17. The third kappa shape index (κ3) is 2.85. The smallest absolute Gasteiger partial charge is 0.221 e. The number of pyridine rings is 1. The van der Waals surface area contributed by atoms with E-state index in [1.54, 1.807) is 20.2 Å². The highest BCUT2D eigenvalue weighted by atomic mass is 35.5. The van der Waals surface area contributed by atoms with Crippen LogP contribution in [0.2, 0.25) is 0 Å². The molecule has 1 atom stereocenters. The number of hydrogen-bond donors (Lipinski definition) is 1. The van der Waals surface area contributed by atoms with Crippen molar-refractivity contribution in [2.75, 3.05) is 14.2 Å². The number of amides is 1. The Kier molecular flexibility index (Phi) is 4.44. The molecule has 108 valence electrons. The minimum atomic E-state index is -0.264. The number of carbonyl (C=O) groups excluding carboxylic acids is 1. The molecule has 0 radical (unpaired) electrons. The van der Waals surface area contributed by atoms with Gasteiger partial charge in [0, 0.05) is 26.1 Å². The molecule has 2 aromatic rings. The van der Waals surface area contributed by atoms with Gasteiger partial charge in [-0.05, 0) is 13.0 Å². The second kappa shape index (κ2) is 6.09. The molecule has 7 heteroatoms. The number of carbonyl (C=O) groups is 1. The standard InChI is InChI=1S/C13H17ClN4O2/c1-8(14)12-16-9-4-5-11(20-3)17-13(9)18(12)7-6-10(19)15-2/h4-5,8H,6-7H2,1-3H3,(H,15,19). The van der Waals surface area contributed by atoms with Crippen molar-refractivity contribution in [1.82, 2.24) is 19.9 Å². The number of rotatable bonds is 5. The molecule has 2 rings (SSSR count). The average molecular weight is 297 g/mol. The fourth-order valence-corrected chi connectivity index (χ4v) is 2.14. The van der Waals surface area contributed by atoms with Crippen LogP contribution in [-0.4, -0.2) is 34.6 Å². The van der Waals surface area contributed by atoms with Gasteiger partial charge in [-0.25, -0.2) is 4.98 Å². The fraction of sp³-hybridized carbons (Fsp3) is 0.462. The van der Waals surface area contributed by atoms with Crippen LogP contribution in [-0.2, 0) is 11.3 Å². The summed E-state index contributed by atoms with van der Waals surface area (Å²) in [6, 6.07) is 3.58. The molecule has 0 bridgehead atoms. The molecule has 0 aromatic carbocycles. The van der Waals surface area contributed by atoms with Gasteiger partial charge in [0.1, 0.15) is 11.3 Å². The first-order valence-electron chi connectivity index (χ1n) is 6.32. The number of nitrogens with one attached hydrogen (secondary N) is 1. The van der Waals surface area contributed by atoms with Crippen LogP contribution in [0.3, 0.4) is 0 Å².